The quantitative estimate of drug-likeness (QED) is 0.0648. The van der Waals surface area contributed by atoms with Gasteiger partial charge < -0.3 is 19.8 Å². The molecular weight excluding hydrogens is 748 g/mol. The standard InChI is InChI=1S/C52H59FN4O3/c1-5-6-13-38-27-30-56(31-28-38)32-29-48(51(59)46-16-11-10-12-36(46)2)57(52(60)42-21-19-41(20-22-42)40-14-8-7-9-15-40)50-47-34-45(26-23-43(47)33-49(50)58)54-37(3)55(4)35-39-17-24-44(53)25-18-39/h7-12,14-26,34,38,48-50,58H,5-6,13,27-33,35H2,1-4H3/t48?,49-,50-/m1/s1. The number of nitrogens with zero attached hydrogens (tertiary/aromatic N) is 4. The van der Waals surface area contributed by atoms with Crippen molar-refractivity contribution in [1.82, 2.24) is 14.7 Å². The molecule has 1 amide bonds. The number of fused-ring (bicyclic) bond motifs is 1. The Kier molecular flexibility index (Phi) is 14.0. The summed E-state index contributed by atoms with van der Waals surface area (Å²) in [4.78, 5) is 41.6. The van der Waals surface area contributed by atoms with Gasteiger partial charge in [0.1, 0.15) is 11.7 Å². The van der Waals surface area contributed by atoms with Gasteiger partial charge >= 0.3 is 0 Å². The molecule has 1 unspecified atom stereocenters. The van der Waals surface area contributed by atoms with Gasteiger partial charge in [0.05, 0.1) is 23.9 Å². The molecule has 1 aliphatic heterocycles. The van der Waals surface area contributed by atoms with Crippen molar-refractivity contribution in [2.75, 3.05) is 26.7 Å². The number of benzene rings is 5. The minimum Gasteiger partial charge on any atom is -0.390 e. The number of halogens is 1. The largest absolute Gasteiger partial charge is 0.390 e. The van der Waals surface area contributed by atoms with Crippen LogP contribution in [0.15, 0.2) is 126 Å². The summed E-state index contributed by atoms with van der Waals surface area (Å²) in [6, 6.07) is 36.0. The molecule has 5 aromatic rings. The second-order valence-electron chi connectivity index (χ2n) is 16.8. The van der Waals surface area contributed by atoms with E-state index >= 15 is 9.59 Å². The normalized spacial score (nSPS) is 17.6. The van der Waals surface area contributed by atoms with Crippen molar-refractivity contribution in [3.8, 4) is 11.1 Å². The molecule has 0 aromatic heterocycles. The SMILES string of the molecule is CCCCC1CCN(CCC(C(=O)c2ccccc2C)N(C(=O)c2ccc(-c3ccccc3)cc2)[C@@H]2c3cc(N=C(C)N(C)Cc4ccc(F)cc4)ccc3C[C@H]2O)CC1. The van der Waals surface area contributed by atoms with Crippen LogP contribution in [0.4, 0.5) is 10.1 Å². The molecule has 7 nitrogen and oxygen atoms in total. The third-order valence-electron chi connectivity index (χ3n) is 12.6. The lowest BCUT2D eigenvalue weighted by Gasteiger charge is -2.40. The van der Waals surface area contributed by atoms with Crippen LogP contribution in [0.1, 0.15) is 101 Å². The summed E-state index contributed by atoms with van der Waals surface area (Å²) in [6.07, 6.45) is 5.86. The fourth-order valence-corrected chi connectivity index (χ4v) is 9.01. The van der Waals surface area contributed by atoms with E-state index in [1.54, 1.807) is 17.0 Å². The van der Waals surface area contributed by atoms with E-state index < -0.39 is 18.2 Å². The third kappa shape index (κ3) is 10.1. The number of hydrogen-bond acceptors (Lipinski definition) is 5. The number of amidine groups is 1. The number of hydrogen-bond donors (Lipinski definition) is 1. The van der Waals surface area contributed by atoms with E-state index in [0.29, 0.717) is 42.7 Å². The van der Waals surface area contributed by atoms with Crippen molar-refractivity contribution in [2.24, 2.45) is 10.9 Å². The molecule has 1 aliphatic carbocycles. The number of ketones is 1. The third-order valence-corrected chi connectivity index (χ3v) is 12.6. The van der Waals surface area contributed by atoms with Gasteiger partial charge in [-0.1, -0.05) is 111 Å². The van der Waals surface area contributed by atoms with Gasteiger partial charge in [0.2, 0.25) is 0 Å². The van der Waals surface area contributed by atoms with Crippen molar-refractivity contribution < 1.29 is 19.1 Å². The molecule has 1 N–H and O–H groups in total. The Labute approximate surface area is 355 Å². The zero-order chi connectivity index (χ0) is 42.2. The molecule has 0 spiro atoms. The molecule has 8 heteroatoms. The molecule has 312 valence electrons. The van der Waals surface area contributed by atoms with Gasteiger partial charge in [0, 0.05) is 37.7 Å². The predicted molar refractivity (Wildman–Crippen MR) is 240 cm³/mol. The van der Waals surface area contributed by atoms with E-state index in [1.165, 1.54) is 31.4 Å². The maximum Gasteiger partial charge on any atom is 0.255 e. The van der Waals surface area contributed by atoms with Gasteiger partial charge in [-0.3, -0.25) is 9.59 Å². The Morgan fingerprint density at radius 2 is 1.57 bits per heavy atom. The van der Waals surface area contributed by atoms with Gasteiger partial charge in [-0.25, -0.2) is 9.38 Å². The molecule has 3 atom stereocenters. The number of aryl methyl sites for hydroxylation is 1. The Bertz CT molecular complexity index is 2250. The van der Waals surface area contributed by atoms with Crippen LogP contribution in [-0.4, -0.2) is 76.2 Å². The lowest BCUT2D eigenvalue weighted by atomic mass is 9.90. The molecule has 5 aromatic carbocycles. The first-order valence-corrected chi connectivity index (χ1v) is 21.7. The van der Waals surface area contributed by atoms with Gasteiger partial charge in [-0.05, 0) is 122 Å². The Balaban J connectivity index is 1.26. The number of aliphatic imine (C=N–C) groups is 1. The summed E-state index contributed by atoms with van der Waals surface area (Å²) in [5.74, 6) is 0.806. The zero-order valence-corrected chi connectivity index (χ0v) is 35.6. The number of aliphatic hydroxyl groups excluding tert-OH is 1. The summed E-state index contributed by atoms with van der Waals surface area (Å²) in [5.41, 5.74) is 7.31. The van der Waals surface area contributed by atoms with Crippen LogP contribution in [0.3, 0.4) is 0 Å². The highest BCUT2D eigenvalue weighted by Gasteiger charge is 2.44. The average molecular weight is 807 g/mol. The van der Waals surface area contributed by atoms with Crippen LogP contribution in [0.5, 0.6) is 0 Å². The summed E-state index contributed by atoms with van der Waals surface area (Å²) in [7, 11) is 1.95. The first-order valence-electron chi connectivity index (χ1n) is 21.7. The lowest BCUT2D eigenvalue weighted by molar-refractivity contribution is 0.0216. The molecule has 60 heavy (non-hydrogen) atoms. The highest BCUT2D eigenvalue weighted by molar-refractivity contribution is 6.05. The number of piperidine rings is 1. The highest BCUT2D eigenvalue weighted by atomic mass is 19.1. The highest BCUT2D eigenvalue weighted by Crippen LogP contribution is 2.41. The van der Waals surface area contributed by atoms with Crippen molar-refractivity contribution in [1.29, 1.82) is 0 Å². The van der Waals surface area contributed by atoms with E-state index in [2.05, 4.69) is 11.8 Å². The predicted octanol–water partition coefficient (Wildman–Crippen LogP) is 10.6. The summed E-state index contributed by atoms with van der Waals surface area (Å²) in [6.45, 7) is 9.28. The average Bonchev–Trinajstić information content (AvgIpc) is 3.59. The van der Waals surface area contributed by atoms with Gasteiger partial charge in [0.15, 0.2) is 5.78 Å². The van der Waals surface area contributed by atoms with Gasteiger partial charge in [0.25, 0.3) is 5.91 Å². The van der Waals surface area contributed by atoms with Crippen LogP contribution in [0.25, 0.3) is 11.1 Å². The molecule has 0 saturated carbocycles. The van der Waals surface area contributed by atoms with Crippen molar-refractivity contribution in [2.45, 2.75) is 90.4 Å². The molecule has 0 radical (unpaired) electrons. The van der Waals surface area contributed by atoms with Crippen molar-refractivity contribution >= 4 is 23.2 Å². The number of likely N-dealkylation sites (tertiary alicyclic amines) is 1. The summed E-state index contributed by atoms with van der Waals surface area (Å²) < 4.78 is 13.6. The Morgan fingerprint density at radius 3 is 2.27 bits per heavy atom. The topological polar surface area (TPSA) is 76.5 Å². The van der Waals surface area contributed by atoms with Gasteiger partial charge in [-0.2, -0.15) is 0 Å². The number of unbranched alkanes of at least 4 members (excludes halogenated alkanes) is 1. The van der Waals surface area contributed by atoms with E-state index in [4.69, 9.17) is 4.99 Å². The smallest absolute Gasteiger partial charge is 0.255 e. The van der Waals surface area contributed by atoms with Gasteiger partial charge in [-0.15, -0.1) is 0 Å². The lowest BCUT2D eigenvalue weighted by Crippen LogP contribution is -2.51. The first-order chi connectivity index (χ1) is 29.1. The molecule has 1 saturated heterocycles. The Hall–Kier alpha value is -5.44. The first kappa shape index (κ1) is 42.7. The minimum absolute atomic E-state index is 0.117. The van der Waals surface area contributed by atoms with Crippen LogP contribution in [0.2, 0.25) is 0 Å². The molecule has 7 rings (SSSR count). The minimum atomic E-state index is -0.935. The molecular formula is C52H59FN4O3. The maximum atomic E-state index is 15.3. The second-order valence-corrected chi connectivity index (χ2v) is 16.8. The molecule has 1 heterocycles. The van der Waals surface area contributed by atoms with E-state index in [0.717, 1.165) is 71.1 Å². The van der Waals surface area contributed by atoms with E-state index in [1.807, 2.05) is 123 Å². The number of carbonyl (C=O) groups excluding carboxylic acids is 2. The van der Waals surface area contributed by atoms with E-state index in [-0.39, 0.29) is 17.5 Å². The molecule has 1 fully saturated rings. The number of carbonyl (C=O) groups is 2. The molecule has 2 aliphatic rings. The number of aliphatic hydroxyl groups is 1. The fourth-order valence-electron chi connectivity index (χ4n) is 9.01. The van der Waals surface area contributed by atoms with E-state index in [9.17, 15) is 9.50 Å². The number of amides is 1. The van der Waals surface area contributed by atoms with Crippen LogP contribution < -0.4 is 0 Å². The zero-order valence-electron chi connectivity index (χ0n) is 35.6. The Morgan fingerprint density at radius 1 is 0.883 bits per heavy atom. The van der Waals surface area contributed by atoms with Crippen molar-refractivity contribution in [3.63, 3.8) is 0 Å². The van der Waals surface area contributed by atoms with Crippen LogP contribution in [-0.2, 0) is 13.0 Å². The molecule has 0 bridgehead atoms. The van der Waals surface area contributed by atoms with Crippen LogP contribution in [0, 0.1) is 18.7 Å². The number of Topliss-reactive ketones (excluding diaryl/α,β-unsaturated/α-hetero) is 1. The van der Waals surface area contributed by atoms with Crippen LogP contribution >= 0.6 is 0 Å². The fraction of sp³-hybridized carbons (Fsp3) is 0.365. The maximum absolute atomic E-state index is 15.3. The summed E-state index contributed by atoms with van der Waals surface area (Å²) >= 11 is 0. The van der Waals surface area contributed by atoms with Crippen molar-refractivity contribution in [3.05, 3.63) is 161 Å². The summed E-state index contributed by atoms with van der Waals surface area (Å²) in [5, 5.41) is 12.1. The number of rotatable bonds is 15. The second kappa shape index (κ2) is 19.7. The monoisotopic (exact) mass is 806 g/mol.